The number of pyridine rings is 1. The molecule has 1 aromatic heterocycles. The summed E-state index contributed by atoms with van der Waals surface area (Å²) in [4.78, 5) is 18.0. The molecule has 208 valence electrons. The number of hydrogen-bond donors (Lipinski definition) is 2. The van der Waals surface area contributed by atoms with Gasteiger partial charge in [-0.3, -0.25) is 4.98 Å². The van der Waals surface area contributed by atoms with Gasteiger partial charge in [-0.2, -0.15) is 17.5 Å². The zero-order valence-electron chi connectivity index (χ0n) is 20.8. The second kappa shape index (κ2) is 10.7. The van der Waals surface area contributed by atoms with Crippen LogP contribution in [0.2, 0.25) is 0 Å². The molecule has 4 aromatic rings. The SMILES string of the molecule is O=C(Nc1cccc(F)c1)N1CCN(S(=O)(=O)c2ccc(Nc3ccnc4cc(C(F)(F)F)ccc34)cc2)CC1. The van der Waals surface area contributed by atoms with Crippen LogP contribution >= 0.6 is 0 Å². The van der Waals surface area contributed by atoms with E-state index in [4.69, 9.17) is 0 Å². The molecule has 0 unspecified atom stereocenters. The van der Waals surface area contributed by atoms with Crippen LogP contribution in [0.15, 0.2) is 83.9 Å². The Balaban J connectivity index is 1.23. The van der Waals surface area contributed by atoms with Crippen molar-refractivity contribution in [3.05, 3.63) is 90.4 Å². The van der Waals surface area contributed by atoms with Gasteiger partial charge in [0.25, 0.3) is 0 Å². The van der Waals surface area contributed by atoms with E-state index in [1.165, 1.54) is 51.8 Å². The summed E-state index contributed by atoms with van der Waals surface area (Å²) in [6.07, 6.45) is -3.09. The molecule has 1 aliphatic rings. The summed E-state index contributed by atoms with van der Waals surface area (Å²) in [5, 5.41) is 6.18. The fourth-order valence-electron chi connectivity index (χ4n) is 4.35. The van der Waals surface area contributed by atoms with Crippen LogP contribution < -0.4 is 10.6 Å². The van der Waals surface area contributed by atoms with Gasteiger partial charge in [-0.15, -0.1) is 0 Å². The summed E-state index contributed by atoms with van der Waals surface area (Å²) in [7, 11) is -3.84. The van der Waals surface area contributed by atoms with E-state index in [2.05, 4.69) is 15.6 Å². The Bertz CT molecular complexity index is 1660. The van der Waals surface area contributed by atoms with Gasteiger partial charge in [0, 0.05) is 54.8 Å². The summed E-state index contributed by atoms with van der Waals surface area (Å²) in [6, 6.07) is 15.9. The third-order valence-corrected chi connectivity index (χ3v) is 8.36. The lowest BCUT2D eigenvalue weighted by molar-refractivity contribution is -0.137. The number of carbonyl (C=O) groups excluding carboxylic acids is 1. The Labute approximate surface area is 227 Å². The van der Waals surface area contributed by atoms with E-state index in [9.17, 15) is 30.8 Å². The van der Waals surface area contributed by atoms with Gasteiger partial charge in [0.05, 0.1) is 16.0 Å². The zero-order chi connectivity index (χ0) is 28.5. The molecule has 1 aliphatic heterocycles. The van der Waals surface area contributed by atoms with Crippen molar-refractivity contribution in [2.45, 2.75) is 11.1 Å². The molecule has 0 aliphatic carbocycles. The van der Waals surface area contributed by atoms with E-state index in [0.717, 1.165) is 12.1 Å². The maximum absolute atomic E-state index is 13.4. The predicted octanol–water partition coefficient (Wildman–Crippen LogP) is 5.67. The van der Waals surface area contributed by atoms with Crippen LogP contribution in [-0.4, -0.2) is 54.8 Å². The van der Waals surface area contributed by atoms with Gasteiger partial charge in [0.1, 0.15) is 5.82 Å². The number of amides is 2. The molecular formula is C27H23F4N5O3S. The predicted molar refractivity (Wildman–Crippen MR) is 142 cm³/mol. The number of urea groups is 1. The second-order valence-corrected chi connectivity index (χ2v) is 11.0. The number of aromatic nitrogens is 1. The maximum Gasteiger partial charge on any atom is 0.416 e. The molecule has 0 radical (unpaired) electrons. The smallest absolute Gasteiger partial charge is 0.355 e. The van der Waals surface area contributed by atoms with Gasteiger partial charge >= 0.3 is 12.2 Å². The summed E-state index contributed by atoms with van der Waals surface area (Å²) in [6.45, 7) is 0.486. The third kappa shape index (κ3) is 5.84. The first-order valence-electron chi connectivity index (χ1n) is 12.2. The highest BCUT2D eigenvalue weighted by Crippen LogP contribution is 2.33. The Morgan fingerprint density at radius 3 is 2.27 bits per heavy atom. The van der Waals surface area contributed by atoms with E-state index < -0.39 is 33.6 Å². The number of alkyl halides is 3. The average Bonchev–Trinajstić information content (AvgIpc) is 2.93. The summed E-state index contributed by atoms with van der Waals surface area (Å²) in [5.41, 5.74) is 0.724. The van der Waals surface area contributed by atoms with Crippen molar-refractivity contribution in [1.29, 1.82) is 0 Å². The van der Waals surface area contributed by atoms with Crippen LogP contribution in [0.1, 0.15) is 5.56 Å². The van der Waals surface area contributed by atoms with Crippen molar-refractivity contribution in [3.63, 3.8) is 0 Å². The highest BCUT2D eigenvalue weighted by atomic mass is 32.2. The Kier molecular flexibility index (Phi) is 7.34. The largest absolute Gasteiger partial charge is 0.416 e. The maximum atomic E-state index is 13.4. The highest BCUT2D eigenvalue weighted by molar-refractivity contribution is 7.89. The molecule has 8 nitrogen and oxygen atoms in total. The van der Waals surface area contributed by atoms with E-state index in [-0.39, 0.29) is 36.6 Å². The zero-order valence-corrected chi connectivity index (χ0v) is 21.6. The fourth-order valence-corrected chi connectivity index (χ4v) is 5.77. The van der Waals surface area contributed by atoms with Gasteiger partial charge in [-0.1, -0.05) is 12.1 Å². The number of hydrogen-bond acceptors (Lipinski definition) is 5. The molecule has 5 rings (SSSR count). The third-order valence-electron chi connectivity index (χ3n) is 6.44. The van der Waals surface area contributed by atoms with Crippen LogP contribution in [0.25, 0.3) is 10.9 Å². The van der Waals surface area contributed by atoms with E-state index >= 15 is 0 Å². The van der Waals surface area contributed by atoms with Crippen molar-refractivity contribution < 1.29 is 30.8 Å². The minimum atomic E-state index is -4.48. The average molecular weight is 574 g/mol. The molecule has 0 saturated carbocycles. The number of anilines is 3. The number of fused-ring (bicyclic) bond motifs is 1. The van der Waals surface area contributed by atoms with Gasteiger partial charge in [-0.05, 0) is 60.7 Å². The molecule has 2 N–H and O–H groups in total. The minimum Gasteiger partial charge on any atom is -0.355 e. The van der Waals surface area contributed by atoms with E-state index in [1.807, 2.05) is 0 Å². The van der Waals surface area contributed by atoms with Gasteiger partial charge < -0.3 is 15.5 Å². The quantitative estimate of drug-likeness (QED) is 0.300. The van der Waals surface area contributed by atoms with Crippen molar-refractivity contribution in [2.24, 2.45) is 0 Å². The van der Waals surface area contributed by atoms with Gasteiger partial charge in [0.15, 0.2) is 0 Å². The first-order valence-corrected chi connectivity index (χ1v) is 13.6. The second-order valence-electron chi connectivity index (χ2n) is 9.07. The summed E-state index contributed by atoms with van der Waals surface area (Å²) in [5.74, 6) is -0.483. The number of sulfonamides is 1. The van der Waals surface area contributed by atoms with Gasteiger partial charge in [0.2, 0.25) is 10.0 Å². The monoisotopic (exact) mass is 573 g/mol. The first kappa shape index (κ1) is 27.3. The molecule has 2 heterocycles. The number of nitrogens with one attached hydrogen (secondary N) is 2. The van der Waals surface area contributed by atoms with Crippen molar-refractivity contribution in [2.75, 3.05) is 36.8 Å². The van der Waals surface area contributed by atoms with Crippen LogP contribution in [0.5, 0.6) is 0 Å². The molecule has 1 fully saturated rings. The van der Waals surface area contributed by atoms with Crippen LogP contribution in [0, 0.1) is 5.82 Å². The lowest BCUT2D eigenvalue weighted by Crippen LogP contribution is -2.51. The van der Waals surface area contributed by atoms with E-state index in [1.54, 1.807) is 24.3 Å². The Morgan fingerprint density at radius 2 is 1.60 bits per heavy atom. The van der Waals surface area contributed by atoms with E-state index in [0.29, 0.717) is 22.4 Å². The number of benzene rings is 3. The lowest BCUT2D eigenvalue weighted by Gasteiger charge is -2.34. The number of carbonyl (C=O) groups is 1. The topological polar surface area (TPSA) is 94.6 Å². The summed E-state index contributed by atoms with van der Waals surface area (Å²) < 4.78 is 80.2. The minimum absolute atomic E-state index is 0.0603. The molecule has 3 aromatic carbocycles. The van der Waals surface area contributed by atoms with Crippen LogP contribution in [-0.2, 0) is 16.2 Å². The molecule has 1 saturated heterocycles. The molecule has 40 heavy (non-hydrogen) atoms. The van der Waals surface area contributed by atoms with Crippen LogP contribution in [0.4, 0.5) is 39.4 Å². The molecular weight excluding hydrogens is 550 g/mol. The van der Waals surface area contributed by atoms with Gasteiger partial charge in [-0.25, -0.2) is 17.6 Å². The summed E-state index contributed by atoms with van der Waals surface area (Å²) >= 11 is 0. The normalized spacial score (nSPS) is 14.8. The standard InChI is InChI=1S/C27H23F4N5O3S/c28-19-2-1-3-21(17-19)34-26(37)35-12-14-36(15-13-35)40(38,39)22-7-5-20(6-8-22)33-24-10-11-32-25-16-18(27(29,30)31)4-9-23(24)25/h1-11,16-17H,12-15H2,(H,32,33)(H,34,37). The molecule has 2 amide bonds. The lowest BCUT2D eigenvalue weighted by atomic mass is 10.1. The van der Waals surface area contributed by atoms with Crippen molar-refractivity contribution >= 4 is 44.0 Å². The fraction of sp³-hybridized carbons (Fsp3) is 0.185. The van der Waals surface area contributed by atoms with Crippen molar-refractivity contribution in [1.82, 2.24) is 14.2 Å². The molecule has 0 spiro atoms. The molecule has 0 bridgehead atoms. The van der Waals surface area contributed by atoms with Crippen molar-refractivity contribution in [3.8, 4) is 0 Å². The molecule has 0 atom stereocenters. The number of halogens is 4. The Morgan fingerprint density at radius 1 is 0.875 bits per heavy atom. The number of rotatable bonds is 5. The molecule has 13 heteroatoms. The first-order chi connectivity index (χ1) is 19.0. The van der Waals surface area contributed by atoms with Crippen LogP contribution in [0.3, 0.4) is 0 Å². The number of nitrogens with zero attached hydrogens (tertiary/aromatic N) is 3. The number of piperazine rings is 1. The highest BCUT2D eigenvalue weighted by Gasteiger charge is 2.31. The Hall–Kier alpha value is -4.23.